The molecule has 0 fully saturated rings. The number of sulfonamides is 1. The molecule has 0 aromatic heterocycles. The molecule has 10 heteroatoms. The van der Waals surface area contributed by atoms with Gasteiger partial charge in [0, 0.05) is 23.5 Å². The maximum absolute atomic E-state index is 14.6. The molecule has 0 aliphatic rings. The summed E-state index contributed by atoms with van der Waals surface area (Å²) in [6.07, 6.45) is 0.960. The van der Waals surface area contributed by atoms with Crippen LogP contribution in [0, 0.1) is 0 Å². The second kappa shape index (κ2) is 16.4. The molecule has 0 saturated carbocycles. The lowest BCUT2D eigenvalue weighted by molar-refractivity contribution is -0.140. The van der Waals surface area contributed by atoms with Crippen LogP contribution in [0.2, 0.25) is 0 Å². The number of benzene rings is 4. The Morgan fingerprint density at radius 2 is 1.48 bits per heavy atom. The number of carbonyl (C=O) groups is 2. The van der Waals surface area contributed by atoms with Crippen LogP contribution < -0.4 is 14.4 Å². The summed E-state index contributed by atoms with van der Waals surface area (Å²) in [4.78, 5) is 30.0. The largest absolute Gasteiger partial charge is 0.494 e. The van der Waals surface area contributed by atoms with Gasteiger partial charge >= 0.3 is 0 Å². The SMILES string of the molecule is CCOc1ccc(N(CC(=O)N(Cc2cccc(Br)c2)[C@@H](Cc2ccccc2)C(=O)N[C@H](C)CC)S(=O)(=O)c2ccccc2)cc1. The van der Waals surface area contributed by atoms with E-state index in [0.29, 0.717) is 24.5 Å². The van der Waals surface area contributed by atoms with E-state index in [1.165, 1.54) is 17.0 Å². The molecular formula is C36H40BrN3O5S. The molecule has 0 saturated heterocycles. The highest BCUT2D eigenvalue weighted by atomic mass is 79.9. The van der Waals surface area contributed by atoms with Crippen LogP contribution in [0.4, 0.5) is 5.69 Å². The van der Waals surface area contributed by atoms with Crippen molar-refractivity contribution >= 4 is 43.5 Å². The van der Waals surface area contributed by atoms with Gasteiger partial charge in [0.15, 0.2) is 0 Å². The van der Waals surface area contributed by atoms with Crippen molar-refractivity contribution in [2.24, 2.45) is 0 Å². The van der Waals surface area contributed by atoms with Gasteiger partial charge < -0.3 is 15.0 Å². The van der Waals surface area contributed by atoms with Gasteiger partial charge in [-0.2, -0.15) is 0 Å². The number of rotatable bonds is 15. The fraction of sp³-hybridized carbons (Fsp3) is 0.278. The molecule has 4 aromatic rings. The number of nitrogens with zero attached hydrogens (tertiary/aromatic N) is 2. The molecule has 4 rings (SSSR count). The molecule has 1 N–H and O–H groups in total. The molecule has 0 spiro atoms. The van der Waals surface area contributed by atoms with Crippen LogP contribution in [0.25, 0.3) is 0 Å². The second-order valence-electron chi connectivity index (χ2n) is 10.9. The van der Waals surface area contributed by atoms with Crippen LogP contribution in [0.15, 0.2) is 119 Å². The first-order valence-corrected chi connectivity index (χ1v) is 17.5. The Hall–Kier alpha value is -4.15. The van der Waals surface area contributed by atoms with E-state index in [1.54, 1.807) is 42.5 Å². The molecule has 0 aliphatic heterocycles. The summed E-state index contributed by atoms with van der Waals surface area (Å²) in [7, 11) is -4.18. The normalized spacial score (nSPS) is 12.5. The van der Waals surface area contributed by atoms with E-state index >= 15 is 0 Å². The summed E-state index contributed by atoms with van der Waals surface area (Å²) < 4.78 is 35.7. The molecule has 8 nitrogen and oxygen atoms in total. The van der Waals surface area contributed by atoms with Gasteiger partial charge in [-0.05, 0) is 79.9 Å². The highest BCUT2D eigenvalue weighted by molar-refractivity contribution is 9.10. The monoisotopic (exact) mass is 705 g/mol. The zero-order valence-corrected chi connectivity index (χ0v) is 28.7. The first-order chi connectivity index (χ1) is 22.1. The number of nitrogens with one attached hydrogen (secondary N) is 1. The summed E-state index contributed by atoms with van der Waals surface area (Å²) >= 11 is 3.51. The maximum atomic E-state index is 14.6. The second-order valence-corrected chi connectivity index (χ2v) is 13.7. The van der Waals surface area contributed by atoms with E-state index in [9.17, 15) is 18.0 Å². The van der Waals surface area contributed by atoms with Gasteiger partial charge in [0.2, 0.25) is 11.8 Å². The Balaban J connectivity index is 1.80. The van der Waals surface area contributed by atoms with Crippen molar-refractivity contribution in [1.82, 2.24) is 10.2 Å². The van der Waals surface area contributed by atoms with Gasteiger partial charge in [0.1, 0.15) is 18.3 Å². The van der Waals surface area contributed by atoms with Gasteiger partial charge in [-0.25, -0.2) is 8.42 Å². The smallest absolute Gasteiger partial charge is 0.264 e. The van der Waals surface area contributed by atoms with Crippen LogP contribution in [-0.2, 0) is 32.6 Å². The van der Waals surface area contributed by atoms with Gasteiger partial charge in [0.25, 0.3) is 10.0 Å². The summed E-state index contributed by atoms with van der Waals surface area (Å²) in [5, 5.41) is 3.05. The Morgan fingerprint density at radius 1 is 0.848 bits per heavy atom. The van der Waals surface area contributed by atoms with E-state index in [-0.39, 0.29) is 29.8 Å². The highest BCUT2D eigenvalue weighted by Crippen LogP contribution is 2.27. The Bertz CT molecular complexity index is 1690. The first-order valence-electron chi connectivity index (χ1n) is 15.3. The van der Waals surface area contributed by atoms with Crippen molar-refractivity contribution in [2.45, 2.75) is 57.1 Å². The molecule has 2 atom stereocenters. The topological polar surface area (TPSA) is 96.0 Å². The van der Waals surface area contributed by atoms with Crippen LogP contribution in [-0.4, -0.2) is 50.4 Å². The summed E-state index contributed by atoms with van der Waals surface area (Å²) in [5.74, 6) is -0.246. The van der Waals surface area contributed by atoms with Crippen molar-refractivity contribution in [2.75, 3.05) is 17.5 Å². The molecule has 0 bridgehead atoms. The van der Waals surface area contributed by atoms with E-state index in [0.717, 1.165) is 19.9 Å². The van der Waals surface area contributed by atoms with E-state index in [1.807, 2.05) is 75.4 Å². The number of amides is 2. The van der Waals surface area contributed by atoms with Crippen molar-refractivity contribution in [3.05, 3.63) is 125 Å². The van der Waals surface area contributed by atoms with Crippen LogP contribution in [0.3, 0.4) is 0 Å². The predicted octanol–water partition coefficient (Wildman–Crippen LogP) is 6.60. The summed E-state index contributed by atoms with van der Waals surface area (Å²) in [6.45, 7) is 5.77. The van der Waals surface area contributed by atoms with E-state index in [4.69, 9.17) is 4.74 Å². The Morgan fingerprint density at radius 3 is 2.09 bits per heavy atom. The van der Waals surface area contributed by atoms with Crippen molar-refractivity contribution < 1.29 is 22.7 Å². The number of ether oxygens (including phenoxy) is 1. The molecule has 0 heterocycles. The third-order valence-corrected chi connectivity index (χ3v) is 9.84. The third kappa shape index (κ3) is 9.20. The van der Waals surface area contributed by atoms with Crippen molar-refractivity contribution in [3.8, 4) is 5.75 Å². The quantitative estimate of drug-likeness (QED) is 0.150. The molecule has 46 heavy (non-hydrogen) atoms. The molecule has 2 amide bonds. The van der Waals surface area contributed by atoms with E-state index in [2.05, 4.69) is 21.2 Å². The van der Waals surface area contributed by atoms with Crippen molar-refractivity contribution in [1.29, 1.82) is 0 Å². The van der Waals surface area contributed by atoms with Crippen LogP contribution in [0.5, 0.6) is 5.75 Å². The molecule has 4 aromatic carbocycles. The average molecular weight is 707 g/mol. The third-order valence-electron chi connectivity index (χ3n) is 7.56. The lowest BCUT2D eigenvalue weighted by atomic mass is 10.0. The van der Waals surface area contributed by atoms with Gasteiger partial charge in [-0.1, -0.05) is 83.5 Å². The predicted molar refractivity (Wildman–Crippen MR) is 185 cm³/mol. The number of carbonyl (C=O) groups excluding carboxylic acids is 2. The van der Waals surface area contributed by atoms with Crippen molar-refractivity contribution in [3.63, 3.8) is 0 Å². The zero-order valence-electron chi connectivity index (χ0n) is 26.3. The number of halogens is 1. The van der Waals surface area contributed by atoms with Gasteiger partial charge in [-0.3, -0.25) is 13.9 Å². The molecule has 0 radical (unpaired) electrons. The molecule has 0 unspecified atom stereocenters. The minimum atomic E-state index is -4.18. The zero-order chi connectivity index (χ0) is 33.1. The van der Waals surface area contributed by atoms with Gasteiger partial charge in [-0.15, -0.1) is 0 Å². The average Bonchev–Trinajstić information content (AvgIpc) is 3.06. The lowest BCUT2D eigenvalue weighted by Gasteiger charge is -2.34. The van der Waals surface area contributed by atoms with Crippen LogP contribution >= 0.6 is 15.9 Å². The minimum Gasteiger partial charge on any atom is -0.494 e. The highest BCUT2D eigenvalue weighted by Gasteiger charge is 2.35. The fourth-order valence-electron chi connectivity index (χ4n) is 4.95. The summed E-state index contributed by atoms with van der Waals surface area (Å²) in [5.41, 5.74) is 1.96. The lowest BCUT2D eigenvalue weighted by Crippen LogP contribution is -2.54. The number of hydrogen-bond acceptors (Lipinski definition) is 5. The minimum absolute atomic E-state index is 0.0468. The van der Waals surface area contributed by atoms with E-state index < -0.39 is 28.5 Å². The maximum Gasteiger partial charge on any atom is 0.264 e. The molecular weight excluding hydrogens is 666 g/mol. The fourth-order valence-corrected chi connectivity index (χ4v) is 6.83. The number of anilines is 1. The molecule has 0 aliphatic carbocycles. The molecule has 242 valence electrons. The first kappa shape index (κ1) is 34.7. The van der Waals surface area contributed by atoms with Gasteiger partial charge in [0.05, 0.1) is 17.2 Å². The Labute approximate surface area is 280 Å². The standard InChI is InChI=1S/C36H40BrN3O5S/c1-4-27(3)38-36(42)34(24-28-13-8-6-9-14-28)39(25-29-15-12-16-30(37)23-29)35(41)26-40(31-19-21-32(22-20-31)45-5-2)46(43,44)33-17-10-7-11-18-33/h6-23,27,34H,4-5,24-26H2,1-3H3,(H,38,42)/t27-,34+/m1/s1. The van der Waals surface area contributed by atoms with Crippen LogP contribution in [0.1, 0.15) is 38.3 Å². The summed E-state index contributed by atoms with van der Waals surface area (Å²) in [6, 6.07) is 30.6. The Kier molecular flexibility index (Phi) is 12.4. The number of hydrogen-bond donors (Lipinski definition) is 1.